The van der Waals surface area contributed by atoms with E-state index in [4.69, 9.17) is 14.2 Å². The molecule has 0 rings (SSSR count). The van der Waals surface area contributed by atoms with Crippen LogP contribution >= 0.6 is 0 Å². The normalized spacial score (nSPS) is 11.9. The van der Waals surface area contributed by atoms with Crippen LogP contribution in [0.15, 0.2) is 0 Å². The first kappa shape index (κ1) is 71.4. The summed E-state index contributed by atoms with van der Waals surface area (Å²) in [7, 11) is 0. The molecule has 73 heavy (non-hydrogen) atoms. The van der Waals surface area contributed by atoms with Gasteiger partial charge < -0.3 is 14.2 Å². The molecule has 6 nitrogen and oxygen atoms in total. The number of ether oxygens (including phenoxy) is 3. The third-order valence-corrected chi connectivity index (χ3v) is 15.6. The summed E-state index contributed by atoms with van der Waals surface area (Å²) >= 11 is 0. The van der Waals surface area contributed by atoms with Crippen LogP contribution < -0.4 is 0 Å². The van der Waals surface area contributed by atoms with Gasteiger partial charge in [0, 0.05) is 19.3 Å². The molecule has 0 saturated carbocycles. The minimum atomic E-state index is -0.762. The fourth-order valence-corrected chi connectivity index (χ4v) is 10.6. The van der Waals surface area contributed by atoms with Crippen molar-refractivity contribution < 1.29 is 28.6 Å². The summed E-state index contributed by atoms with van der Waals surface area (Å²) in [6.45, 7) is 6.73. The van der Waals surface area contributed by atoms with Gasteiger partial charge >= 0.3 is 17.9 Å². The van der Waals surface area contributed by atoms with Crippen molar-refractivity contribution >= 4 is 17.9 Å². The van der Waals surface area contributed by atoms with Gasteiger partial charge in [-0.3, -0.25) is 14.4 Å². The topological polar surface area (TPSA) is 78.9 Å². The van der Waals surface area contributed by atoms with E-state index in [1.54, 1.807) is 0 Å². The van der Waals surface area contributed by atoms with Crippen molar-refractivity contribution in [3.8, 4) is 0 Å². The van der Waals surface area contributed by atoms with Gasteiger partial charge in [-0.05, 0) is 19.3 Å². The van der Waals surface area contributed by atoms with Crippen LogP contribution in [0.1, 0.15) is 393 Å². The van der Waals surface area contributed by atoms with Crippen LogP contribution in [0.5, 0.6) is 0 Å². The summed E-state index contributed by atoms with van der Waals surface area (Å²) in [5, 5.41) is 0. The number of unbranched alkanes of at least 4 members (excludes halogenated alkanes) is 52. The van der Waals surface area contributed by atoms with Crippen LogP contribution in [-0.2, 0) is 28.6 Å². The first-order valence-corrected chi connectivity index (χ1v) is 33.5. The van der Waals surface area contributed by atoms with E-state index in [2.05, 4.69) is 20.8 Å². The Hall–Kier alpha value is -1.59. The van der Waals surface area contributed by atoms with Gasteiger partial charge in [-0.1, -0.05) is 355 Å². The van der Waals surface area contributed by atoms with E-state index in [0.717, 1.165) is 57.8 Å². The minimum absolute atomic E-state index is 0.0605. The molecule has 0 spiro atoms. The number of hydrogen-bond donors (Lipinski definition) is 0. The summed E-state index contributed by atoms with van der Waals surface area (Å²) in [5.74, 6) is -0.824. The Bertz CT molecular complexity index is 1090. The van der Waals surface area contributed by atoms with Crippen LogP contribution in [0, 0.1) is 0 Å². The van der Waals surface area contributed by atoms with Crippen LogP contribution in [0.2, 0.25) is 0 Å². The highest BCUT2D eigenvalue weighted by Crippen LogP contribution is 2.19. The minimum Gasteiger partial charge on any atom is -0.462 e. The maximum Gasteiger partial charge on any atom is 0.306 e. The molecule has 0 amide bonds. The first-order valence-electron chi connectivity index (χ1n) is 33.5. The Morgan fingerprint density at radius 1 is 0.219 bits per heavy atom. The lowest BCUT2D eigenvalue weighted by molar-refractivity contribution is -0.167. The van der Waals surface area contributed by atoms with Crippen LogP contribution in [0.4, 0.5) is 0 Å². The van der Waals surface area contributed by atoms with Gasteiger partial charge in [0.05, 0.1) is 0 Å². The molecule has 0 heterocycles. The zero-order valence-corrected chi connectivity index (χ0v) is 50.0. The van der Waals surface area contributed by atoms with E-state index in [-0.39, 0.29) is 31.1 Å². The van der Waals surface area contributed by atoms with E-state index in [1.807, 2.05) is 0 Å². The van der Waals surface area contributed by atoms with E-state index in [0.29, 0.717) is 19.3 Å². The zero-order chi connectivity index (χ0) is 52.9. The molecular weight excluding hydrogens is 901 g/mol. The molecule has 0 aromatic rings. The summed E-state index contributed by atoms with van der Waals surface area (Å²) in [5.41, 5.74) is 0. The monoisotopic (exact) mass is 1030 g/mol. The Balaban J connectivity index is 4.17. The zero-order valence-electron chi connectivity index (χ0n) is 50.0. The largest absolute Gasteiger partial charge is 0.462 e. The number of carbonyl (C=O) groups excluding carboxylic acids is 3. The molecule has 0 bridgehead atoms. The maximum atomic E-state index is 12.9. The quantitative estimate of drug-likeness (QED) is 0.0343. The van der Waals surface area contributed by atoms with Crippen molar-refractivity contribution in [3.05, 3.63) is 0 Å². The summed E-state index contributed by atoms with van der Waals surface area (Å²) in [4.78, 5) is 38.3. The molecule has 0 aromatic carbocycles. The van der Waals surface area contributed by atoms with Crippen molar-refractivity contribution in [1.82, 2.24) is 0 Å². The third-order valence-electron chi connectivity index (χ3n) is 15.6. The van der Waals surface area contributed by atoms with Gasteiger partial charge in [0.15, 0.2) is 6.10 Å². The molecule has 0 fully saturated rings. The Morgan fingerprint density at radius 2 is 0.370 bits per heavy atom. The molecule has 0 aliphatic heterocycles. The predicted molar refractivity (Wildman–Crippen MR) is 317 cm³/mol. The fourth-order valence-electron chi connectivity index (χ4n) is 10.6. The molecule has 434 valence electrons. The molecule has 0 radical (unpaired) electrons. The Morgan fingerprint density at radius 3 is 0.548 bits per heavy atom. The number of hydrogen-bond acceptors (Lipinski definition) is 6. The SMILES string of the molecule is CCCCCCCCCCCCCCCCCCCCCCCCCCCC(=O)OCC(COC(=O)CCCCCCCCCCCCCC)OC(=O)CCCCCCCCCCCCCCCCCCCC. The molecule has 0 N–H and O–H groups in total. The van der Waals surface area contributed by atoms with Crippen LogP contribution in [0.3, 0.4) is 0 Å². The molecule has 0 aliphatic carbocycles. The number of rotatable bonds is 63. The van der Waals surface area contributed by atoms with Crippen molar-refractivity contribution in [2.75, 3.05) is 13.2 Å². The van der Waals surface area contributed by atoms with Gasteiger partial charge in [0.25, 0.3) is 0 Å². The Labute approximate surface area is 457 Å². The van der Waals surface area contributed by atoms with Crippen LogP contribution in [-0.4, -0.2) is 37.2 Å². The highest BCUT2D eigenvalue weighted by atomic mass is 16.6. The maximum absolute atomic E-state index is 12.9. The summed E-state index contributed by atoms with van der Waals surface area (Å²) in [6.07, 6.45) is 72.7. The van der Waals surface area contributed by atoms with Crippen molar-refractivity contribution in [2.45, 2.75) is 399 Å². The molecular formula is C67H130O6. The van der Waals surface area contributed by atoms with Gasteiger partial charge in [-0.25, -0.2) is 0 Å². The number of carbonyl (C=O) groups is 3. The molecule has 0 saturated heterocycles. The average molecular weight is 1030 g/mol. The molecule has 1 unspecified atom stereocenters. The van der Waals surface area contributed by atoms with Crippen LogP contribution in [0.25, 0.3) is 0 Å². The Kier molecular flexibility index (Phi) is 61.6. The smallest absolute Gasteiger partial charge is 0.306 e. The van der Waals surface area contributed by atoms with Gasteiger partial charge in [-0.2, -0.15) is 0 Å². The lowest BCUT2D eigenvalue weighted by Gasteiger charge is -2.18. The molecule has 0 aromatic heterocycles. The molecule has 0 aliphatic rings. The van der Waals surface area contributed by atoms with Gasteiger partial charge in [0.1, 0.15) is 13.2 Å². The second-order valence-corrected chi connectivity index (χ2v) is 23.1. The lowest BCUT2D eigenvalue weighted by Crippen LogP contribution is -2.30. The molecule has 6 heteroatoms. The standard InChI is InChI=1S/C67H130O6/c1-4-7-10-13-16-19-22-25-27-29-31-32-33-34-35-36-37-39-40-42-45-48-51-54-57-60-66(69)72-63-64(62-71-65(68)59-56-53-50-47-44-24-21-18-15-12-9-6-3)73-67(70)61-58-55-52-49-46-43-41-38-30-28-26-23-20-17-14-11-8-5-2/h64H,4-63H2,1-3H3. The van der Waals surface area contributed by atoms with Crippen molar-refractivity contribution in [2.24, 2.45) is 0 Å². The molecule has 1 atom stereocenters. The highest BCUT2D eigenvalue weighted by Gasteiger charge is 2.19. The fraction of sp³-hybridized carbons (Fsp3) is 0.955. The van der Waals surface area contributed by atoms with E-state index >= 15 is 0 Å². The van der Waals surface area contributed by atoms with Gasteiger partial charge in [0.2, 0.25) is 0 Å². The van der Waals surface area contributed by atoms with Crippen molar-refractivity contribution in [1.29, 1.82) is 0 Å². The highest BCUT2D eigenvalue weighted by molar-refractivity contribution is 5.71. The number of esters is 3. The van der Waals surface area contributed by atoms with Crippen molar-refractivity contribution in [3.63, 3.8) is 0 Å². The van der Waals surface area contributed by atoms with E-state index in [1.165, 1.54) is 295 Å². The average Bonchev–Trinajstić information content (AvgIpc) is 3.39. The third kappa shape index (κ3) is 61.1. The summed E-state index contributed by atoms with van der Waals surface area (Å²) < 4.78 is 17.0. The predicted octanol–water partition coefficient (Wildman–Crippen LogP) is 22.7. The second kappa shape index (κ2) is 62.9. The van der Waals surface area contributed by atoms with E-state index in [9.17, 15) is 14.4 Å². The second-order valence-electron chi connectivity index (χ2n) is 23.1. The van der Waals surface area contributed by atoms with Gasteiger partial charge in [-0.15, -0.1) is 0 Å². The van der Waals surface area contributed by atoms with E-state index < -0.39 is 6.10 Å². The summed E-state index contributed by atoms with van der Waals surface area (Å²) in [6, 6.07) is 0. The first-order chi connectivity index (χ1) is 36.0. The lowest BCUT2D eigenvalue weighted by atomic mass is 10.0.